The highest BCUT2D eigenvalue weighted by atomic mass is 35.5. The van der Waals surface area contributed by atoms with Crippen LogP contribution in [-0.2, 0) is 4.74 Å². The zero-order valence-corrected chi connectivity index (χ0v) is 18.9. The molecular weight excluding hydrogens is 487 g/mol. The summed E-state index contributed by atoms with van der Waals surface area (Å²) in [6, 6.07) is 8.18. The molecule has 1 atom stereocenters. The Labute approximate surface area is 193 Å². The Bertz CT molecular complexity index is 1340. The summed E-state index contributed by atoms with van der Waals surface area (Å²) in [4.78, 5) is 25.4. The third kappa shape index (κ3) is 4.39. The summed E-state index contributed by atoms with van der Waals surface area (Å²) < 4.78 is 33.3. The maximum atomic E-state index is 13.4. The lowest BCUT2D eigenvalue weighted by Gasteiger charge is -2.13. The van der Waals surface area contributed by atoms with Gasteiger partial charge in [0.2, 0.25) is 0 Å². The van der Waals surface area contributed by atoms with E-state index in [1.165, 1.54) is 36.4 Å². The summed E-state index contributed by atoms with van der Waals surface area (Å²) in [5.74, 6) is -1.96. The van der Waals surface area contributed by atoms with Gasteiger partial charge in [0, 0.05) is 20.2 Å². The third-order valence-electron chi connectivity index (χ3n) is 4.43. The monoisotopic (exact) mass is 499 g/mol. The fourth-order valence-corrected chi connectivity index (χ4v) is 5.82. The molecule has 0 aliphatic rings. The zero-order chi connectivity index (χ0) is 22.3. The molecule has 2 heterocycles. The first-order valence-corrected chi connectivity index (χ1v) is 11.4. The standard InChI is InChI=1S/C21H13Cl2F2NO3S2/c1-9(29-21(28)19-17(23)13-5-3-11(25)7-15(13)31-19)8-26-20(27)18-16(22)12-4-2-10(24)6-14(12)30-18/h2-7,9H,8H2,1H3,(H,26,27). The quantitative estimate of drug-likeness (QED) is 0.311. The molecule has 0 radical (unpaired) electrons. The number of esters is 1. The van der Waals surface area contributed by atoms with Crippen LogP contribution in [0.2, 0.25) is 10.0 Å². The lowest BCUT2D eigenvalue weighted by atomic mass is 10.2. The molecule has 2 aromatic carbocycles. The smallest absolute Gasteiger partial charge is 0.350 e. The third-order valence-corrected chi connectivity index (χ3v) is 7.73. The molecule has 4 aromatic rings. The maximum absolute atomic E-state index is 13.4. The number of carbonyl (C=O) groups excluding carboxylic acids is 2. The number of amides is 1. The van der Waals surface area contributed by atoms with Crippen LogP contribution in [0.5, 0.6) is 0 Å². The van der Waals surface area contributed by atoms with E-state index in [2.05, 4.69) is 5.32 Å². The molecule has 10 heteroatoms. The van der Waals surface area contributed by atoms with Crippen molar-refractivity contribution in [2.45, 2.75) is 13.0 Å². The van der Waals surface area contributed by atoms with Crippen LogP contribution in [0.4, 0.5) is 8.78 Å². The van der Waals surface area contributed by atoms with Gasteiger partial charge in [-0.05, 0) is 43.3 Å². The number of halogens is 4. The van der Waals surface area contributed by atoms with Crippen LogP contribution < -0.4 is 5.32 Å². The number of hydrogen-bond acceptors (Lipinski definition) is 5. The molecule has 0 bridgehead atoms. The first-order chi connectivity index (χ1) is 14.7. The van der Waals surface area contributed by atoms with Crippen LogP contribution >= 0.6 is 45.9 Å². The van der Waals surface area contributed by atoms with Crippen molar-refractivity contribution in [3.8, 4) is 0 Å². The molecule has 31 heavy (non-hydrogen) atoms. The summed E-state index contributed by atoms with van der Waals surface area (Å²) in [6.07, 6.45) is -0.667. The van der Waals surface area contributed by atoms with Gasteiger partial charge < -0.3 is 10.1 Å². The molecule has 1 unspecified atom stereocenters. The van der Waals surface area contributed by atoms with Gasteiger partial charge in [0.1, 0.15) is 27.5 Å². The van der Waals surface area contributed by atoms with Crippen molar-refractivity contribution in [1.82, 2.24) is 5.32 Å². The minimum Gasteiger partial charge on any atom is -0.457 e. The fraction of sp³-hybridized carbons (Fsp3) is 0.143. The molecule has 2 aromatic heterocycles. The molecule has 160 valence electrons. The molecule has 0 aliphatic carbocycles. The lowest BCUT2D eigenvalue weighted by Crippen LogP contribution is -2.33. The summed E-state index contributed by atoms with van der Waals surface area (Å²) in [5, 5.41) is 4.26. The van der Waals surface area contributed by atoms with Crippen LogP contribution in [0.15, 0.2) is 36.4 Å². The van der Waals surface area contributed by atoms with E-state index in [1.54, 1.807) is 6.92 Å². The van der Waals surface area contributed by atoms with Crippen molar-refractivity contribution in [1.29, 1.82) is 0 Å². The summed E-state index contributed by atoms with van der Waals surface area (Å²) in [6.45, 7) is 1.64. The summed E-state index contributed by atoms with van der Waals surface area (Å²) in [5.41, 5.74) is 0. The van der Waals surface area contributed by atoms with Crippen LogP contribution in [0.1, 0.15) is 26.3 Å². The van der Waals surface area contributed by atoms with Gasteiger partial charge in [-0.2, -0.15) is 0 Å². The zero-order valence-electron chi connectivity index (χ0n) is 15.8. The van der Waals surface area contributed by atoms with Crippen molar-refractivity contribution >= 4 is 77.9 Å². The van der Waals surface area contributed by atoms with Gasteiger partial charge in [-0.25, -0.2) is 13.6 Å². The Morgan fingerprint density at radius 1 is 0.968 bits per heavy atom. The highest BCUT2D eigenvalue weighted by Crippen LogP contribution is 2.37. The minimum absolute atomic E-state index is 0.0284. The number of rotatable bonds is 5. The van der Waals surface area contributed by atoms with Crippen molar-refractivity contribution in [2.75, 3.05) is 6.54 Å². The Morgan fingerprint density at radius 3 is 2.06 bits per heavy atom. The van der Waals surface area contributed by atoms with Crippen LogP contribution in [-0.4, -0.2) is 24.5 Å². The second-order valence-electron chi connectivity index (χ2n) is 6.70. The predicted molar refractivity (Wildman–Crippen MR) is 121 cm³/mol. The topological polar surface area (TPSA) is 55.4 Å². The molecule has 0 fully saturated rings. The largest absolute Gasteiger partial charge is 0.457 e. The van der Waals surface area contributed by atoms with E-state index in [1.807, 2.05) is 0 Å². The molecular formula is C21H13Cl2F2NO3S2. The normalized spacial score (nSPS) is 12.3. The molecule has 1 amide bonds. The minimum atomic E-state index is -0.667. The Hall–Kier alpha value is -2.26. The van der Waals surface area contributed by atoms with Gasteiger partial charge in [-0.1, -0.05) is 23.2 Å². The van der Waals surface area contributed by atoms with Crippen LogP contribution in [0, 0.1) is 11.6 Å². The van der Waals surface area contributed by atoms with E-state index >= 15 is 0 Å². The number of nitrogens with one attached hydrogen (secondary N) is 1. The fourth-order valence-electron chi connectivity index (χ4n) is 2.95. The van der Waals surface area contributed by atoms with E-state index in [9.17, 15) is 18.4 Å². The Kier molecular flexibility index (Phi) is 6.16. The second-order valence-corrected chi connectivity index (χ2v) is 9.56. The van der Waals surface area contributed by atoms with Gasteiger partial charge in [0.25, 0.3) is 5.91 Å². The van der Waals surface area contributed by atoms with E-state index < -0.39 is 29.6 Å². The predicted octanol–water partition coefficient (Wildman–Crippen LogP) is 6.68. The second kappa shape index (κ2) is 8.70. The Morgan fingerprint density at radius 2 is 1.48 bits per heavy atom. The van der Waals surface area contributed by atoms with Gasteiger partial charge in [0.15, 0.2) is 0 Å². The highest BCUT2D eigenvalue weighted by molar-refractivity contribution is 7.22. The molecule has 0 aliphatic heterocycles. The molecule has 0 saturated carbocycles. The SMILES string of the molecule is CC(CNC(=O)c1sc2cc(F)ccc2c1Cl)OC(=O)c1sc2cc(F)ccc2c1Cl. The summed E-state index contributed by atoms with van der Waals surface area (Å²) in [7, 11) is 0. The summed E-state index contributed by atoms with van der Waals surface area (Å²) >= 11 is 14.6. The molecule has 4 nitrogen and oxygen atoms in total. The first kappa shape index (κ1) is 22.0. The number of carbonyl (C=O) groups is 2. The number of fused-ring (bicyclic) bond motifs is 2. The lowest BCUT2D eigenvalue weighted by molar-refractivity contribution is 0.0344. The van der Waals surface area contributed by atoms with Crippen molar-refractivity contribution < 1.29 is 23.1 Å². The number of ether oxygens (including phenoxy) is 1. The van der Waals surface area contributed by atoms with Crippen molar-refractivity contribution in [3.05, 3.63) is 67.8 Å². The number of hydrogen-bond donors (Lipinski definition) is 1. The van der Waals surface area contributed by atoms with E-state index in [0.717, 1.165) is 22.7 Å². The maximum Gasteiger partial charge on any atom is 0.350 e. The van der Waals surface area contributed by atoms with E-state index in [0.29, 0.717) is 20.2 Å². The molecule has 4 rings (SSSR count). The average Bonchev–Trinajstić information content (AvgIpc) is 3.22. The molecule has 0 saturated heterocycles. The van der Waals surface area contributed by atoms with Gasteiger partial charge in [-0.15, -0.1) is 22.7 Å². The van der Waals surface area contributed by atoms with Crippen molar-refractivity contribution in [2.24, 2.45) is 0 Å². The van der Waals surface area contributed by atoms with Gasteiger partial charge in [-0.3, -0.25) is 4.79 Å². The van der Waals surface area contributed by atoms with Crippen molar-refractivity contribution in [3.63, 3.8) is 0 Å². The average molecular weight is 500 g/mol. The Balaban J connectivity index is 1.42. The first-order valence-electron chi connectivity index (χ1n) is 8.99. The highest BCUT2D eigenvalue weighted by Gasteiger charge is 2.22. The molecule has 1 N–H and O–H groups in total. The van der Waals surface area contributed by atoms with Crippen LogP contribution in [0.25, 0.3) is 20.2 Å². The van der Waals surface area contributed by atoms with Gasteiger partial charge >= 0.3 is 5.97 Å². The number of benzene rings is 2. The van der Waals surface area contributed by atoms with E-state index in [-0.39, 0.29) is 26.3 Å². The van der Waals surface area contributed by atoms with Crippen LogP contribution in [0.3, 0.4) is 0 Å². The number of thiophene rings is 2. The molecule has 0 spiro atoms. The van der Waals surface area contributed by atoms with E-state index in [4.69, 9.17) is 27.9 Å². The van der Waals surface area contributed by atoms with Gasteiger partial charge in [0.05, 0.1) is 16.6 Å².